The molecule has 0 fully saturated rings. The Bertz CT molecular complexity index is 478. The van der Waals surface area contributed by atoms with Crippen LogP contribution in [0.3, 0.4) is 0 Å². The van der Waals surface area contributed by atoms with Gasteiger partial charge < -0.3 is 5.32 Å². The zero-order chi connectivity index (χ0) is 9.97. The highest BCUT2D eigenvalue weighted by molar-refractivity contribution is 5.96. The van der Waals surface area contributed by atoms with Gasteiger partial charge in [0.15, 0.2) is 5.82 Å². The van der Waals surface area contributed by atoms with Gasteiger partial charge in [0, 0.05) is 25.5 Å². The summed E-state index contributed by atoms with van der Waals surface area (Å²) in [4.78, 5) is 23.1. The van der Waals surface area contributed by atoms with Crippen LogP contribution in [0.2, 0.25) is 0 Å². The van der Waals surface area contributed by atoms with E-state index in [4.69, 9.17) is 0 Å². The summed E-state index contributed by atoms with van der Waals surface area (Å²) in [5.74, 6) is 0.277. The van der Waals surface area contributed by atoms with Gasteiger partial charge >= 0.3 is 0 Å². The molecule has 2 aromatic rings. The highest BCUT2D eigenvalue weighted by Gasteiger charge is 2.04. The number of carbonyl (C=O) groups is 1. The molecule has 1 N–H and O–H groups in total. The van der Waals surface area contributed by atoms with E-state index in [0.717, 1.165) is 0 Å². The van der Waals surface area contributed by atoms with Crippen molar-refractivity contribution in [3.8, 4) is 0 Å². The van der Waals surface area contributed by atoms with Crippen molar-refractivity contribution in [2.45, 2.75) is 6.92 Å². The summed E-state index contributed by atoms with van der Waals surface area (Å²) in [5.41, 5.74) is 1.32. The number of aromatic nitrogens is 3. The molecule has 0 saturated carbocycles. The maximum absolute atomic E-state index is 10.9. The molecule has 2 rings (SSSR count). The molecule has 2 aromatic heterocycles. The molecule has 70 valence electrons. The maximum atomic E-state index is 10.9. The summed E-state index contributed by atoms with van der Waals surface area (Å²) >= 11 is 0. The number of hydrogen-bond acceptors (Lipinski definition) is 4. The number of nitrogens with one attached hydrogen (secondary N) is 1. The van der Waals surface area contributed by atoms with Crippen molar-refractivity contribution in [1.29, 1.82) is 0 Å². The van der Waals surface area contributed by atoms with Crippen molar-refractivity contribution < 1.29 is 4.79 Å². The van der Waals surface area contributed by atoms with Crippen LogP contribution < -0.4 is 5.32 Å². The molecule has 0 unspecified atom stereocenters. The lowest BCUT2D eigenvalue weighted by Crippen LogP contribution is -2.08. The van der Waals surface area contributed by atoms with Crippen LogP contribution in [0.4, 0.5) is 5.82 Å². The Morgan fingerprint density at radius 3 is 2.79 bits per heavy atom. The zero-order valence-electron chi connectivity index (χ0n) is 7.56. The van der Waals surface area contributed by atoms with Crippen molar-refractivity contribution in [2.24, 2.45) is 0 Å². The molecule has 2 heterocycles. The molecular weight excluding hydrogens is 180 g/mol. The minimum atomic E-state index is -0.171. The van der Waals surface area contributed by atoms with Gasteiger partial charge in [-0.1, -0.05) is 0 Å². The first-order valence-corrected chi connectivity index (χ1v) is 4.10. The predicted molar refractivity (Wildman–Crippen MR) is 51.6 cm³/mol. The fraction of sp³-hybridized carbons (Fsp3) is 0.111. The van der Waals surface area contributed by atoms with Gasteiger partial charge in [-0.15, -0.1) is 0 Å². The molecule has 0 saturated heterocycles. The molecular formula is C9H8N4O. The number of amides is 1. The van der Waals surface area contributed by atoms with Crippen LogP contribution in [-0.4, -0.2) is 20.9 Å². The fourth-order valence-electron chi connectivity index (χ4n) is 1.15. The van der Waals surface area contributed by atoms with Crippen LogP contribution in [0.5, 0.6) is 0 Å². The number of nitrogens with zero attached hydrogens (tertiary/aromatic N) is 3. The Hall–Kier alpha value is -2.04. The van der Waals surface area contributed by atoms with E-state index in [1.807, 2.05) is 0 Å². The molecule has 5 nitrogen and oxygen atoms in total. The van der Waals surface area contributed by atoms with E-state index >= 15 is 0 Å². The van der Waals surface area contributed by atoms with Crippen LogP contribution in [0, 0.1) is 0 Å². The normalized spacial score (nSPS) is 10.1. The minimum absolute atomic E-state index is 0.171. The Morgan fingerprint density at radius 1 is 1.21 bits per heavy atom. The third-order valence-corrected chi connectivity index (χ3v) is 1.68. The summed E-state index contributed by atoms with van der Waals surface area (Å²) in [5, 5.41) is 2.60. The molecule has 0 aliphatic heterocycles. The van der Waals surface area contributed by atoms with Crippen molar-refractivity contribution in [1.82, 2.24) is 15.0 Å². The topological polar surface area (TPSA) is 67.8 Å². The van der Waals surface area contributed by atoms with E-state index in [1.54, 1.807) is 24.7 Å². The van der Waals surface area contributed by atoms with Gasteiger partial charge in [-0.05, 0) is 6.07 Å². The van der Waals surface area contributed by atoms with E-state index in [9.17, 15) is 4.79 Å². The number of carbonyl (C=O) groups excluding carboxylic acids is 1. The lowest BCUT2D eigenvalue weighted by molar-refractivity contribution is -0.114. The molecule has 1 amide bonds. The van der Waals surface area contributed by atoms with Gasteiger partial charge in [0.1, 0.15) is 5.52 Å². The van der Waals surface area contributed by atoms with Crippen LogP contribution in [0.25, 0.3) is 11.0 Å². The van der Waals surface area contributed by atoms with Crippen LogP contribution in [-0.2, 0) is 4.79 Å². The fourth-order valence-corrected chi connectivity index (χ4v) is 1.15. The lowest BCUT2D eigenvalue weighted by atomic mass is 10.3. The van der Waals surface area contributed by atoms with E-state index in [1.165, 1.54) is 6.92 Å². The smallest absolute Gasteiger partial charge is 0.222 e. The van der Waals surface area contributed by atoms with E-state index < -0.39 is 0 Å². The lowest BCUT2D eigenvalue weighted by Gasteiger charge is -2.02. The van der Waals surface area contributed by atoms with Gasteiger partial charge in [0.2, 0.25) is 5.91 Å². The second kappa shape index (κ2) is 3.37. The van der Waals surface area contributed by atoms with Gasteiger partial charge in [0.05, 0.1) is 5.52 Å². The van der Waals surface area contributed by atoms with Crippen LogP contribution in [0.1, 0.15) is 6.92 Å². The second-order valence-corrected chi connectivity index (χ2v) is 2.76. The van der Waals surface area contributed by atoms with E-state index in [0.29, 0.717) is 16.9 Å². The molecule has 0 radical (unpaired) electrons. The van der Waals surface area contributed by atoms with Crippen molar-refractivity contribution in [2.75, 3.05) is 5.32 Å². The van der Waals surface area contributed by atoms with Gasteiger partial charge in [-0.3, -0.25) is 9.78 Å². The molecule has 0 bridgehead atoms. The SMILES string of the molecule is CC(=O)Nc1nccc2nccnc12. The first-order valence-electron chi connectivity index (χ1n) is 4.10. The maximum Gasteiger partial charge on any atom is 0.222 e. The van der Waals surface area contributed by atoms with Crippen molar-refractivity contribution in [3.63, 3.8) is 0 Å². The van der Waals surface area contributed by atoms with Gasteiger partial charge in [0.25, 0.3) is 0 Å². The molecule has 0 aliphatic rings. The van der Waals surface area contributed by atoms with E-state index in [-0.39, 0.29) is 5.91 Å². The molecule has 0 atom stereocenters. The number of pyridine rings is 1. The molecule has 0 spiro atoms. The zero-order valence-corrected chi connectivity index (χ0v) is 7.56. The van der Waals surface area contributed by atoms with Crippen LogP contribution >= 0.6 is 0 Å². The first kappa shape index (κ1) is 8.55. The number of rotatable bonds is 1. The summed E-state index contributed by atoms with van der Waals surface area (Å²) in [6.07, 6.45) is 4.75. The largest absolute Gasteiger partial charge is 0.309 e. The Morgan fingerprint density at radius 2 is 2.00 bits per heavy atom. The van der Waals surface area contributed by atoms with Crippen LogP contribution in [0.15, 0.2) is 24.7 Å². The third kappa shape index (κ3) is 1.52. The monoisotopic (exact) mass is 188 g/mol. The Balaban J connectivity index is 2.59. The quantitative estimate of drug-likeness (QED) is 0.724. The van der Waals surface area contributed by atoms with Gasteiger partial charge in [-0.25, -0.2) is 9.97 Å². The minimum Gasteiger partial charge on any atom is -0.309 e. The highest BCUT2D eigenvalue weighted by atomic mass is 16.1. The highest BCUT2D eigenvalue weighted by Crippen LogP contribution is 2.15. The number of fused-ring (bicyclic) bond motifs is 1. The summed E-state index contributed by atoms with van der Waals surface area (Å²) in [7, 11) is 0. The summed E-state index contributed by atoms with van der Waals surface area (Å²) in [6.45, 7) is 1.43. The Labute approximate surface area is 80.2 Å². The van der Waals surface area contributed by atoms with Crippen molar-refractivity contribution >= 4 is 22.8 Å². The second-order valence-electron chi connectivity index (χ2n) is 2.76. The van der Waals surface area contributed by atoms with E-state index in [2.05, 4.69) is 20.3 Å². The third-order valence-electron chi connectivity index (χ3n) is 1.68. The standard InChI is InChI=1S/C9H8N4O/c1-6(14)13-9-8-7(2-3-12-9)10-4-5-11-8/h2-5H,1H3,(H,12,13,14). The number of anilines is 1. The first-order chi connectivity index (χ1) is 6.77. The molecule has 0 aliphatic carbocycles. The Kier molecular flexibility index (Phi) is 2.06. The number of hydrogen-bond donors (Lipinski definition) is 1. The van der Waals surface area contributed by atoms with Gasteiger partial charge in [-0.2, -0.15) is 0 Å². The molecule has 14 heavy (non-hydrogen) atoms. The van der Waals surface area contributed by atoms with Crippen molar-refractivity contribution in [3.05, 3.63) is 24.7 Å². The summed E-state index contributed by atoms with van der Waals surface area (Å²) < 4.78 is 0. The average molecular weight is 188 g/mol. The summed E-state index contributed by atoms with van der Waals surface area (Å²) in [6, 6.07) is 1.74. The molecule has 5 heteroatoms. The average Bonchev–Trinajstić information content (AvgIpc) is 2.18. The molecule has 0 aromatic carbocycles. The predicted octanol–water partition coefficient (Wildman–Crippen LogP) is 0.983.